The Bertz CT molecular complexity index is 771. The molecule has 0 radical (unpaired) electrons. The predicted octanol–water partition coefficient (Wildman–Crippen LogP) is 4.70. The van der Waals surface area contributed by atoms with Crippen LogP contribution in [-0.2, 0) is 16.0 Å². The molecule has 24 heavy (non-hydrogen) atoms. The molecule has 1 aromatic heterocycles. The Morgan fingerprint density at radius 3 is 2.58 bits per heavy atom. The van der Waals surface area contributed by atoms with Crippen LogP contribution in [0.1, 0.15) is 36.8 Å². The third kappa shape index (κ3) is 5.29. The number of nitrogens with zero attached hydrogens (tertiary/aromatic N) is 1. The second kappa shape index (κ2) is 7.63. The van der Waals surface area contributed by atoms with Crippen molar-refractivity contribution in [2.75, 3.05) is 5.32 Å². The van der Waals surface area contributed by atoms with Crippen molar-refractivity contribution in [3.63, 3.8) is 0 Å². The van der Waals surface area contributed by atoms with Gasteiger partial charge in [-0.1, -0.05) is 41.1 Å². The molecule has 0 atom stereocenters. The monoisotopic (exact) mass is 430 g/mol. The number of rotatable bonds is 4. The van der Waals surface area contributed by atoms with Gasteiger partial charge >= 0.3 is 5.97 Å². The number of halogens is 2. The number of amides is 1. The van der Waals surface area contributed by atoms with Gasteiger partial charge in [0.05, 0.1) is 6.42 Å². The van der Waals surface area contributed by atoms with Gasteiger partial charge < -0.3 is 10.1 Å². The average molecular weight is 432 g/mol. The molecule has 5 nitrogen and oxygen atoms in total. The molecule has 0 saturated heterocycles. The van der Waals surface area contributed by atoms with Crippen LogP contribution in [0.3, 0.4) is 0 Å². The van der Waals surface area contributed by atoms with Crippen molar-refractivity contribution in [3.05, 3.63) is 43.8 Å². The number of nitrogens with one attached hydrogen (secondary N) is 1. The van der Waals surface area contributed by atoms with E-state index in [1.165, 1.54) is 11.3 Å². The highest BCUT2D eigenvalue weighted by Crippen LogP contribution is 2.29. The van der Waals surface area contributed by atoms with Crippen LogP contribution >= 0.6 is 38.9 Å². The molecule has 1 heterocycles. The molecule has 1 amide bonds. The number of para-hydroxylation sites is 1. The van der Waals surface area contributed by atoms with E-state index >= 15 is 0 Å². The molecule has 2 aromatic rings. The maximum Gasteiger partial charge on any atom is 0.310 e. The summed E-state index contributed by atoms with van der Waals surface area (Å²) in [4.78, 5) is 28.4. The van der Waals surface area contributed by atoms with Gasteiger partial charge in [0.25, 0.3) is 5.91 Å². The second-order valence-electron chi connectivity index (χ2n) is 5.96. The summed E-state index contributed by atoms with van der Waals surface area (Å²) in [6.07, 6.45) is 0.0578. The SMILES string of the molecule is CC(C)(C)OC(=O)Cc1ccccc1NC(=O)c1nc(Br)sc1Cl. The molecule has 0 aliphatic carbocycles. The molecule has 128 valence electrons. The van der Waals surface area contributed by atoms with Crippen molar-refractivity contribution in [1.29, 1.82) is 0 Å². The molecule has 0 bridgehead atoms. The Morgan fingerprint density at radius 1 is 1.33 bits per heavy atom. The lowest BCUT2D eigenvalue weighted by molar-refractivity contribution is -0.153. The van der Waals surface area contributed by atoms with Crippen molar-refractivity contribution in [1.82, 2.24) is 4.98 Å². The van der Waals surface area contributed by atoms with Crippen LogP contribution in [0.15, 0.2) is 28.2 Å². The van der Waals surface area contributed by atoms with E-state index in [4.69, 9.17) is 16.3 Å². The number of ether oxygens (including phenoxy) is 1. The lowest BCUT2D eigenvalue weighted by Gasteiger charge is -2.20. The summed E-state index contributed by atoms with van der Waals surface area (Å²) in [5.74, 6) is -0.794. The average Bonchev–Trinajstić information content (AvgIpc) is 2.78. The van der Waals surface area contributed by atoms with Crippen LogP contribution in [0.5, 0.6) is 0 Å². The Morgan fingerprint density at radius 2 is 2.00 bits per heavy atom. The fraction of sp³-hybridized carbons (Fsp3) is 0.312. The Hall–Kier alpha value is -1.44. The van der Waals surface area contributed by atoms with Crippen molar-refractivity contribution in [2.24, 2.45) is 0 Å². The molecule has 1 N–H and O–H groups in total. The van der Waals surface area contributed by atoms with E-state index in [0.29, 0.717) is 19.5 Å². The summed E-state index contributed by atoms with van der Waals surface area (Å²) < 4.78 is 6.14. The van der Waals surface area contributed by atoms with E-state index < -0.39 is 11.5 Å². The fourth-order valence-corrected chi connectivity index (χ4v) is 3.74. The first-order valence-corrected chi connectivity index (χ1v) is 9.07. The number of thiazole rings is 1. The van der Waals surface area contributed by atoms with Gasteiger partial charge in [-0.15, -0.1) is 0 Å². The van der Waals surface area contributed by atoms with Gasteiger partial charge in [-0.2, -0.15) is 0 Å². The van der Waals surface area contributed by atoms with Gasteiger partial charge in [0, 0.05) is 5.69 Å². The van der Waals surface area contributed by atoms with E-state index in [1.54, 1.807) is 45.0 Å². The summed E-state index contributed by atoms with van der Waals surface area (Å²) >= 11 is 10.4. The molecule has 0 aliphatic rings. The Balaban J connectivity index is 2.15. The Labute approximate surface area is 157 Å². The first kappa shape index (κ1) is 18.9. The minimum atomic E-state index is -0.560. The van der Waals surface area contributed by atoms with E-state index in [0.717, 1.165) is 0 Å². The van der Waals surface area contributed by atoms with Crippen molar-refractivity contribution in [2.45, 2.75) is 32.8 Å². The van der Waals surface area contributed by atoms with Gasteiger partial charge in [0.15, 0.2) is 9.61 Å². The second-order valence-corrected chi connectivity index (χ2v) is 8.84. The minimum Gasteiger partial charge on any atom is -0.460 e. The highest BCUT2D eigenvalue weighted by molar-refractivity contribution is 9.11. The maximum absolute atomic E-state index is 12.3. The standard InChI is InChI=1S/C16H16BrClN2O3S/c1-16(2,3)23-11(21)8-9-6-4-5-7-10(9)19-14(22)12-13(18)24-15(17)20-12/h4-7H,8H2,1-3H3,(H,19,22). The molecule has 0 unspecified atom stereocenters. The molecular weight excluding hydrogens is 416 g/mol. The van der Waals surface area contributed by atoms with Gasteiger partial charge in [-0.3, -0.25) is 9.59 Å². The molecular formula is C16H16BrClN2O3S. The maximum atomic E-state index is 12.3. The first-order chi connectivity index (χ1) is 11.2. The number of hydrogen-bond donors (Lipinski definition) is 1. The summed E-state index contributed by atoms with van der Waals surface area (Å²) in [5, 5.41) is 2.74. The highest BCUT2D eigenvalue weighted by Gasteiger charge is 2.20. The molecule has 0 fully saturated rings. The van der Waals surface area contributed by atoms with Crippen LogP contribution in [0.4, 0.5) is 5.69 Å². The van der Waals surface area contributed by atoms with Crippen molar-refractivity contribution >= 4 is 56.4 Å². The van der Waals surface area contributed by atoms with Gasteiger partial charge in [-0.05, 0) is 48.3 Å². The number of anilines is 1. The summed E-state index contributed by atoms with van der Waals surface area (Å²) in [7, 11) is 0. The first-order valence-electron chi connectivity index (χ1n) is 7.08. The zero-order valence-electron chi connectivity index (χ0n) is 13.4. The number of aromatic nitrogens is 1. The molecule has 2 rings (SSSR count). The van der Waals surface area contributed by atoms with E-state index in [2.05, 4.69) is 26.2 Å². The van der Waals surface area contributed by atoms with E-state index in [-0.39, 0.29) is 18.1 Å². The number of carbonyl (C=O) groups excluding carboxylic acids is 2. The summed E-state index contributed by atoms with van der Waals surface area (Å²) in [6, 6.07) is 7.04. The molecule has 0 aliphatic heterocycles. The van der Waals surface area contributed by atoms with Crippen LogP contribution in [-0.4, -0.2) is 22.5 Å². The summed E-state index contributed by atoms with van der Waals surface area (Å²) in [6.45, 7) is 5.42. The largest absolute Gasteiger partial charge is 0.460 e. The third-order valence-corrected chi connectivity index (χ3v) is 4.50. The zero-order chi connectivity index (χ0) is 17.9. The highest BCUT2D eigenvalue weighted by atomic mass is 79.9. The van der Waals surface area contributed by atoms with Crippen LogP contribution in [0, 0.1) is 0 Å². The van der Waals surface area contributed by atoms with Crippen molar-refractivity contribution in [3.8, 4) is 0 Å². The summed E-state index contributed by atoms with van der Waals surface area (Å²) in [5.41, 5.74) is 0.759. The van der Waals surface area contributed by atoms with Crippen molar-refractivity contribution < 1.29 is 14.3 Å². The quantitative estimate of drug-likeness (QED) is 0.713. The predicted molar refractivity (Wildman–Crippen MR) is 98.8 cm³/mol. The third-order valence-electron chi connectivity index (χ3n) is 2.80. The van der Waals surface area contributed by atoms with Gasteiger partial charge in [-0.25, -0.2) is 4.98 Å². The topological polar surface area (TPSA) is 68.3 Å². The normalized spacial score (nSPS) is 11.2. The Kier molecular flexibility index (Phi) is 6.01. The number of carbonyl (C=O) groups is 2. The van der Waals surface area contributed by atoms with Crippen LogP contribution in [0.2, 0.25) is 4.34 Å². The zero-order valence-corrected chi connectivity index (χ0v) is 16.5. The van der Waals surface area contributed by atoms with E-state index in [1.807, 2.05) is 0 Å². The lowest BCUT2D eigenvalue weighted by atomic mass is 10.1. The molecule has 8 heteroatoms. The molecule has 1 aromatic carbocycles. The van der Waals surface area contributed by atoms with Crippen LogP contribution < -0.4 is 5.32 Å². The fourth-order valence-electron chi connectivity index (χ4n) is 1.93. The number of esters is 1. The number of benzene rings is 1. The van der Waals surface area contributed by atoms with Gasteiger partial charge in [0.2, 0.25) is 0 Å². The number of hydrogen-bond acceptors (Lipinski definition) is 5. The van der Waals surface area contributed by atoms with Crippen LogP contribution in [0.25, 0.3) is 0 Å². The van der Waals surface area contributed by atoms with Gasteiger partial charge in [0.1, 0.15) is 9.94 Å². The minimum absolute atomic E-state index is 0.0578. The smallest absolute Gasteiger partial charge is 0.310 e. The molecule has 0 saturated carbocycles. The molecule has 0 spiro atoms. The lowest BCUT2D eigenvalue weighted by Crippen LogP contribution is -2.25. The van der Waals surface area contributed by atoms with E-state index in [9.17, 15) is 9.59 Å².